The quantitative estimate of drug-likeness (QED) is 0.771. The number of rotatable bonds is 5. The number of esters is 1. The lowest BCUT2D eigenvalue weighted by Gasteiger charge is -2.31. The Labute approximate surface area is 138 Å². The van der Waals surface area contributed by atoms with Gasteiger partial charge in [-0.3, -0.25) is 4.79 Å². The van der Waals surface area contributed by atoms with E-state index >= 15 is 0 Å². The number of carbonyl (C=O) groups excluding carboxylic acids is 1. The largest absolute Gasteiger partial charge is 0.466 e. The molecule has 0 N–H and O–H groups in total. The fraction of sp³-hybridized carbons (Fsp3) is 0.588. The van der Waals surface area contributed by atoms with Crippen molar-refractivity contribution < 1.29 is 17.9 Å². The van der Waals surface area contributed by atoms with E-state index in [1.807, 2.05) is 24.8 Å². The van der Waals surface area contributed by atoms with Gasteiger partial charge in [0.25, 0.3) is 0 Å². The van der Waals surface area contributed by atoms with Gasteiger partial charge in [0, 0.05) is 19.3 Å². The molecule has 0 aromatic heterocycles. The van der Waals surface area contributed by atoms with Crippen LogP contribution < -0.4 is 4.90 Å². The molecule has 128 valence electrons. The van der Waals surface area contributed by atoms with Crippen molar-refractivity contribution in [2.45, 2.75) is 32.1 Å². The lowest BCUT2D eigenvalue weighted by molar-refractivity contribution is -0.156. The molecule has 0 aliphatic carbocycles. The normalized spacial score (nSPS) is 21.7. The molecule has 0 spiro atoms. The first kappa shape index (κ1) is 17.8. The highest BCUT2D eigenvalue weighted by Gasteiger charge is 2.48. The van der Waals surface area contributed by atoms with E-state index < -0.39 is 15.3 Å². The molecule has 1 saturated heterocycles. The molecule has 0 saturated carbocycles. The Morgan fingerprint density at radius 3 is 2.57 bits per heavy atom. The third-order valence-corrected chi connectivity index (χ3v) is 5.84. The summed E-state index contributed by atoms with van der Waals surface area (Å²) in [5.74, 6) is -0.0636. The minimum absolute atomic E-state index is 0.122. The topological polar surface area (TPSA) is 63.7 Å². The Balaban J connectivity index is 2.38. The van der Waals surface area contributed by atoms with Crippen LogP contribution in [0.25, 0.3) is 0 Å². The van der Waals surface area contributed by atoms with Crippen LogP contribution in [-0.4, -0.2) is 40.3 Å². The maximum absolute atomic E-state index is 12.5. The molecule has 1 unspecified atom stereocenters. The zero-order valence-corrected chi connectivity index (χ0v) is 15.0. The summed E-state index contributed by atoms with van der Waals surface area (Å²) in [5.41, 5.74) is 0.0856. The molecule has 2 rings (SSSR count). The number of carbonyl (C=O) groups is 1. The summed E-state index contributed by atoms with van der Waals surface area (Å²) in [6, 6.07) is 6.96. The standard InChI is InChI=1S/C17H25NO4S/c1-5-22-16(19)17(13(2)3)10-11-18(12-17)14-8-6-7-9-15(14)23(4,20)21/h6-9,13H,5,10-12H2,1-4H3. The molecule has 1 aliphatic rings. The average Bonchev–Trinajstić information content (AvgIpc) is 2.93. The second-order valence-electron chi connectivity index (χ2n) is 6.44. The van der Waals surface area contributed by atoms with Crippen molar-refractivity contribution in [1.29, 1.82) is 0 Å². The van der Waals surface area contributed by atoms with Crippen LogP contribution in [0.3, 0.4) is 0 Å². The number of para-hydroxylation sites is 1. The maximum atomic E-state index is 12.5. The molecule has 5 nitrogen and oxygen atoms in total. The molecule has 1 aromatic carbocycles. The average molecular weight is 339 g/mol. The number of benzene rings is 1. The van der Waals surface area contributed by atoms with E-state index in [1.165, 1.54) is 6.26 Å². The predicted molar refractivity (Wildman–Crippen MR) is 90.3 cm³/mol. The summed E-state index contributed by atoms with van der Waals surface area (Å²) in [4.78, 5) is 14.8. The molecule has 0 radical (unpaired) electrons. The van der Waals surface area contributed by atoms with Crippen LogP contribution in [0, 0.1) is 11.3 Å². The van der Waals surface area contributed by atoms with E-state index in [4.69, 9.17) is 4.74 Å². The SMILES string of the molecule is CCOC(=O)C1(C(C)C)CCN(c2ccccc2S(C)(=O)=O)C1. The minimum atomic E-state index is -3.32. The second-order valence-corrected chi connectivity index (χ2v) is 8.43. The highest BCUT2D eigenvalue weighted by Crippen LogP contribution is 2.42. The Bertz CT molecular complexity index is 684. The van der Waals surface area contributed by atoms with Gasteiger partial charge < -0.3 is 9.64 Å². The molecule has 1 atom stereocenters. The third-order valence-electron chi connectivity index (χ3n) is 4.69. The molecule has 1 aromatic rings. The predicted octanol–water partition coefficient (Wildman–Crippen LogP) is 2.51. The molecule has 1 fully saturated rings. The Morgan fingerprint density at radius 2 is 2.00 bits per heavy atom. The van der Waals surface area contributed by atoms with E-state index in [9.17, 15) is 13.2 Å². The third kappa shape index (κ3) is 3.37. The van der Waals surface area contributed by atoms with Crippen molar-refractivity contribution in [3.63, 3.8) is 0 Å². The van der Waals surface area contributed by atoms with Gasteiger partial charge in [-0.1, -0.05) is 26.0 Å². The van der Waals surface area contributed by atoms with E-state index in [2.05, 4.69) is 0 Å². The van der Waals surface area contributed by atoms with Crippen LogP contribution in [0.1, 0.15) is 27.2 Å². The summed E-state index contributed by atoms with van der Waals surface area (Å²) in [5, 5.41) is 0. The van der Waals surface area contributed by atoms with Crippen LogP contribution in [0.15, 0.2) is 29.2 Å². The summed E-state index contributed by atoms with van der Waals surface area (Å²) in [6.07, 6.45) is 1.88. The highest BCUT2D eigenvalue weighted by atomic mass is 32.2. The first-order chi connectivity index (χ1) is 10.7. The maximum Gasteiger partial charge on any atom is 0.314 e. The zero-order chi connectivity index (χ0) is 17.3. The van der Waals surface area contributed by atoms with Gasteiger partial charge in [-0.25, -0.2) is 8.42 Å². The first-order valence-electron chi connectivity index (χ1n) is 7.93. The van der Waals surface area contributed by atoms with Crippen LogP contribution in [-0.2, 0) is 19.4 Å². The van der Waals surface area contributed by atoms with Crippen molar-refractivity contribution in [1.82, 2.24) is 0 Å². The van der Waals surface area contributed by atoms with Crippen molar-refractivity contribution in [2.75, 3.05) is 30.9 Å². The molecule has 1 aliphatic heterocycles. The number of hydrogen-bond acceptors (Lipinski definition) is 5. The lowest BCUT2D eigenvalue weighted by atomic mass is 9.76. The molecule has 6 heteroatoms. The number of sulfone groups is 1. The van der Waals surface area contributed by atoms with Crippen LogP contribution in [0.5, 0.6) is 0 Å². The smallest absolute Gasteiger partial charge is 0.314 e. The number of anilines is 1. The van der Waals surface area contributed by atoms with Crippen molar-refractivity contribution in [2.24, 2.45) is 11.3 Å². The zero-order valence-electron chi connectivity index (χ0n) is 14.2. The van der Waals surface area contributed by atoms with Gasteiger partial charge in [-0.05, 0) is 31.4 Å². The Hall–Kier alpha value is -1.56. The van der Waals surface area contributed by atoms with E-state index in [1.54, 1.807) is 25.1 Å². The van der Waals surface area contributed by atoms with Gasteiger partial charge in [-0.15, -0.1) is 0 Å². The Kier molecular flexibility index (Phi) is 5.04. The first-order valence-corrected chi connectivity index (χ1v) is 9.83. The van der Waals surface area contributed by atoms with Gasteiger partial charge in [0.2, 0.25) is 0 Å². The van der Waals surface area contributed by atoms with Gasteiger partial charge in [0.05, 0.1) is 22.6 Å². The van der Waals surface area contributed by atoms with Crippen LogP contribution >= 0.6 is 0 Å². The summed E-state index contributed by atoms with van der Waals surface area (Å²) in [7, 11) is -3.32. The molecule has 1 heterocycles. The van der Waals surface area contributed by atoms with Gasteiger partial charge >= 0.3 is 5.97 Å². The molecular weight excluding hydrogens is 314 g/mol. The number of nitrogens with zero attached hydrogens (tertiary/aromatic N) is 1. The monoisotopic (exact) mass is 339 g/mol. The van der Waals surface area contributed by atoms with Crippen LogP contribution in [0.2, 0.25) is 0 Å². The highest BCUT2D eigenvalue weighted by molar-refractivity contribution is 7.90. The van der Waals surface area contributed by atoms with Crippen molar-refractivity contribution in [3.05, 3.63) is 24.3 Å². The lowest BCUT2D eigenvalue weighted by Crippen LogP contribution is -2.40. The summed E-state index contributed by atoms with van der Waals surface area (Å²) < 4.78 is 29.3. The fourth-order valence-corrected chi connectivity index (χ4v) is 4.12. The van der Waals surface area contributed by atoms with E-state index in [0.717, 1.165) is 0 Å². The summed E-state index contributed by atoms with van der Waals surface area (Å²) >= 11 is 0. The van der Waals surface area contributed by atoms with Crippen LogP contribution in [0.4, 0.5) is 5.69 Å². The molecular formula is C17H25NO4S. The number of ether oxygens (including phenoxy) is 1. The fourth-order valence-electron chi connectivity index (χ4n) is 3.22. The van der Waals surface area contributed by atoms with Gasteiger partial charge in [0.15, 0.2) is 9.84 Å². The van der Waals surface area contributed by atoms with Gasteiger partial charge in [0.1, 0.15) is 0 Å². The number of hydrogen-bond donors (Lipinski definition) is 0. The van der Waals surface area contributed by atoms with E-state index in [-0.39, 0.29) is 11.9 Å². The molecule has 23 heavy (non-hydrogen) atoms. The van der Waals surface area contributed by atoms with E-state index in [0.29, 0.717) is 36.7 Å². The second kappa shape index (κ2) is 6.51. The van der Waals surface area contributed by atoms with Crippen molar-refractivity contribution >= 4 is 21.5 Å². The van der Waals surface area contributed by atoms with Gasteiger partial charge in [-0.2, -0.15) is 0 Å². The molecule has 0 amide bonds. The summed E-state index contributed by atoms with van der Waals surface area (Å²) in [6.45, 7) is 7.32. The Morgan fingerprint density at radius 1 is 1.35 bits per heavy atom. The molecule has 0 bridgehead atoms. The van der Waals surface area contributed by atoms with Crippen molar-refractivity contribution in [3.8, 4) is 0 Å². The minimum Gasteiger partial charge on any atom is -0.466 e.